The minimum atomic E-state index is -4.45. The van der Waals surface area contributed by atoms with Gasteiger partial charge in [-0.25, -0.2) is 9.97 Å². The molecule has 49 heavy (non-hydrogen) atoms. The van der Waals surface area contributed by atoms with Crippen molar-refractivity contribution in [2.75, 3.05) is 47.4 Å². The van der Waals surface area contributed by atoms with Gasteiger partial charge < -0.3 is 21.3 Å². The number of hydrogen-bond acceptors (Lipinski definition) is 10. The van der Waals surface area contributed by atoms with E-state index in [1.54, 1.807) is 6.20 Å². The molecule has 4 heterocycles. The van der Waals surface area contributed by atoms with E-state index in [1.807, 2.05) is 28.0 Å². The van der Waals surface area contributed by atoms with Crippen LogP contribution in [0.1, 0.15) is 53.5 Å². The van der Waals surface area contributed by atoms with Crippen LogP contribution in [0.5, 0.6) is 0 Å². The lowest BCUT2D eigenvalue weighted by atomic mass is 10.0. The average Bonchev–Trinajstić information content (AvgIpc) is 3.04. The summed E-state index contributed by atoms with van der Waals surface area (Å²) in [6.45, 7) is 2.04. The monoisotopic (exact) mass is 778 g/mol. The van der Waals surface area contributed by atoms with Crippen LogP contribution < -0.4 is 21.3 Å². The highest BCUT2D eigenvalue weighted by molar-refractivity contribution is 9.10. The van der Waals surface area contributed by atoms with E-state index in [9.17, 15) is 22.8 Å². The zero-order valence-electron chi connectivity index (χ0n) is 26.1. The Bertz CT molecular complexity index is 1860. The van der Waals surface area contributed by atoms with E-state index in [0.717, 1.165) is 46.5 Å². The highest BCUT2D eigenvalue weighted by Gasteiger charge is 2.31. The zero-order chi connectivity index (χ0) is 35.3. The number of ketones is 2. The Hall–Kier alpha value is -4.01. The van der Waals surface area contributed by atoms with Crippen LogP contribution in [0.15, 0.2) is 53.3 Å². The minimum Gasteiger partial charge on any atom is -0.368 e. The summed E-state index contributed by atoms with van der Waals surface area (Å²) in [5, 5.41) is 0.689. The quantitative estimate of drug-likeness (QED) is 0.216. The van der Waals surface area contributed by atoms with Crippen molar-refractivity contribution in [3.8, 4) is 0 Å². The number of alkyl halides is 3. The number of hydrogen-bond donors (Lipinski definition) is 2. The van der Waals surface area contributed by atoms with E-state index in [2.05, 4.69) is 35.9 Å². The first-order valence-corrected chi connectivity index (χ1v) is 16.9. The summed E-state index contributed by atoms with van der Waals surface area (Å²) < 4.78 is 39.3. The molecule has 0 aliphatic carbocycles. The van der Waals surface area contributed by atoms with Crippen LogP contribution in [0.3, 0.4) is 0 Å². The summed E-state index contributed by atoms with van der Waals surface area (Å²) in [6.07, 6.45) is 2.31. The van der Waals surface area contributed by atoms with Gasteiger partial charge in [0.1, 0.15) is 11.6 Å². The molecule has 16 heteroatoms. The van der Waals surface area contributed by atoms with Crippen LogP contribution in [-0.4, -0.2) is 57.7 Å². The second-order valence-corrected chi connectivity index (χ2v) is 13.4. The number of piperidine rings is 2. The fourth-order valence-electron chi connectivity index (χ4n) is 5.60. The predicted molar refractivity (Wildman–Crippen MR) is 187 cm³/mol. The molecule has 4 aromatic rings. The number of nitrogens with zero attached hydrogens (tertiary/aromatic N) is 6. The Morgan fingerprint density at radius 2 is 1.20 bits per heavy atom. The van der Waals surface area contributed by atoms with Crippen LogP contribution in [0.25, 0.3) is 0 Å². The maximum absolute atomic E-state index is 12.8. The number of aromatic nitrogens is 4. The standard InChI is InChI=1S/C17H16ClF3N4O.C16H16BrClN4O/c18-14-7-12(17(19,20)21)4-3-10(14)6-11-8-23-16(22)24-15(11)25-5-1-2-13(26)9-25;17-12-4-3-10(14(18)7-12)6-11-8-20-16(19)21-15(11)22-5-1-2-13(23)9-22/h3-4,7-8H,1-2,5-6,9H2,(H2,22,23,24);3-4,7-8H,1-2,5-6,9H2,(H2,19,20,21). The molecule has 2 aromatic carbocycles. The number of nitrogens with two attached hydrogens (primary N) is 2. The van der Waals surface area contributed by atoms with Crippen LogP contribution >= 0.6 is 39.1 Å². The highest BCUT2D eigenvalue weighted by atomic mass is 79.9. The Balaban J connectivity index is 0.000000192. The van der Waals surface area contributed by atoms with Crippen LogP contribution in [-0.2, 0) is 28.6 Å². The van der Waals surface area contributed by atoms with Gasteiger partial charge in [-0.05, 0) is 48.2 Å². The molecule has 0 atom stereocenters. The second-order valence-electron chi connectivity index (χ2n) is 11.7. The van der Waals surface area contributed by atoms with Crippen molar-refractivity contribution >= 4 is 74.2 Å². The number of rotatable bonds is 6. The molecule has 0 amide bonds. The summed E-state index contributed by atoms with van der Waals surface area (Å²) in [6, 6.07) is 9.01. The molecular weight excluding hydrogens is 748 g/mol. The smallest absolute Gasteiger partial charge is 0.368 e. The molecule has 2 aliphatic rings. The Kier molecular flexibility index (Phi) is 11.6. The largest absolute Gasteiger partial charge is 0.416 e. The molecular formula is C33H32BrCl2F3N8O2. The first kappa shape index (κ1) is 36.3. The second kappa shape index (κ2) is 15.7. The third kappa shape index (κ3) is 9.58. The molecule has 2 aromatic heterocycles. The number of benzene rings is 2. The molecule has 0 unspecified atom stereocenters. The van der Waals surface area contributed by atoms with Gasteiger partial charge in [-0.15, -0.1) is 0 Å². The summed E-state index contributed by atoms with van der Waals surface area (Å²) in [5.41, 5.74) is 13.7. The van der Waals surface area contributed by atoms with E-state index in [0.29, 0.717) is 60.7 Å². The normalized spacial score (nSPS) is 15.2. The fraction of sp³-hybridized carbons (Fsp3) is 0.333. The molecule has 0 radical (unpaired) electrons. The summed E-state index contributed by atoms with van der Waals surface area (Å²) in [4.78, 5) is 43.9. The van der Waals surface area contributed by atoms with Crippen molar-refractivity contribution in [1.29, 1.82) is 0 Å². The van der Waals surface area contributed by atoms with Crippen molar-refractivity contribution in [3.63, 3.8) is 0 Å². The van der Waals surface area contributed by atoms with Gasteiger partial charge >= 0.3 is 6.18 Å². The number of anilines is 4. The van der Waals surface area contributed by atoms with Gasteiger partial charge in [0.05, 0.1) is 18.7 Å². The van der Waals surface area contributed by atoms with Gasteiger partial charge in [0.25, 0.3) is 0 Å². The van der Waals surface area contributed by atoms with Gasteiger partial charge in [0, 0.05) is 76.8 Å². The third-order valence-electron chi connectivity index (χ3n) is 7.98. The number of Topliss-reactive ketones (excluding diaryl/α,β-unsaturated/α-hetero) is 2. The van der Waals surface area contributed by atoms with E-state index in [4.69, 9.17) is 34.7 Å². The van der Waals surface area contributed by atoms with Crippen LogP contribution in [0.4, 0.5) is 36.7 Å². The molecule has 258 valence electrons. The molecule has 2 aliphatic heterocycles. The molecule has 2 saturated heterocycles. The molecule has 10 nitrogen and oxygen atoms in total. The minimum absolute atomic E-state index is 0.0114. The van der Waals surface area contributed by atoms with Crippen molar-refractivity contribution in [3.05, 3.63) is 91.1 Å². The molecule has 4 N–H and O–H groups in total. The van der Waals surface area contributed by atoms with E-state index < -0.39 is 11.7 Å². The Morgan fingerprint density at radius 1 is 0.735 bits per heavy atom. The van der Waals surface area contributed by atoms with E-state index in [-0.39, 0.29) is 41.5 Å². The molecule has 2 fully saturated rings. The topological polar surface area (TPSA) is 144 Å². The first-order valence-electron chi connectivity index (χ1n) is 15.3. The number of carbonyl (C=O) groups is 2. The van der Waals surface area contributed by atoms with Gasteiger partial charge in [0.15, 0.2) is 11.6 Å². The lowest BCUT2D eigenvalue weighted by Crippen LogP contribution is -2.37. The number of halogens is 6. The predicted octanol–water partition coefficient (Wildman–Crippen LogP) is 6.73. The summed E-state index contributed by atoms with van der Waals surface area (Å²) in [5.74, 6) is 1.85. The van der Waals surface area contributed by atoms with Crippen molar-refractivity contribution < 1.29 is 22.8 Å². The van der Waals surface area contributed by atoms with E-state index in [1.165, 1.54) is 12.3 Å². The lowest BCUT2D eigenvalue weighted by molar-refractivity contribution is -0.137. The van der Waals surface area contributed by atoms with Gasteiger partial charge in [-0.1, -0.05) is 51.3 Å². The molecule has 0 bridgehead atoms. The van der Waals surface area contributed by atoms with E-state index >= 15 is 0 Å². The van der Waals surface area contributed by atoms with Crippen LogP contribution in [0, 0.1) is 0 Å². The molecule has 6 rings (SSSR count). The van der Waals surface area contributed by atoms with Gasteiger partial charge in [-0.2, -0.15) is 23.1 Å². The van der Waals surface area contributed by atoms with Gasteiger partial charge in [-0.3, -0.25) is 9.59 Å². The van der Waals surface area contributed by atoms with Crippen molar-refractivity contribution in [2.24, 2.45) is 0 Å². The highest BCUT2D eigenvalue weighted by Crippen LogP contribution is 2.34. The van der Waals surface area contributed by atoms with Gasteiger partial charge in [0.2, 0.25) is 11.9 Å². The van der Waals surface area contributed by atoms with Crippen molar-refractivity contribution in [1.82, 2.24) is 19.9 Å². The zero-order valence-corrected chi connectivity index (χ0v) is 29.2. The number of carbonyl (C=O) groups excluding carboxylic acids is 2. The third-order valence-corrected chi connectivity index (χ3v) is 9.18. The molecule has 0 spiro atoms. The van der Waals surface area contributed by atoms with Crippen molar-refractivity contribution in [2.45, 2.75) is 44.7 Å². The SMILES string of the molecule is Nc1ncc(Cc2ccc(Br)cc2Cl)c(N2CCCC(=O)C2)n1.Nc1ncc(Cc2ccc(C(F)(F)F)cc2Cl)c(N2CCCC(=O)C2)n1. The lowest BCUT2D eigenvalue weighted by Gasteiger charge is -2.28. The maximum Gasteiger partial charge on any atom is 0.416 e. The summed E-state index contributed by atoms with van der Waals surface area (Å²) >= 11 is 15.8. The fourth-order valence-corrected chi connectivity index (χ4v) is 6.59. The Morgan fingerprint density at radius 3 is 1.63 bits per heavy atom. The first-order chi connectivity index (χ1) is 23.3. The summed E-state index contributed by atoms with van der Waals surface area (Å²) in [7, 11) is 0. The molecule has 0 saturated carbocycles. The average molecular weight is 780 g/mol. The maximum atomic E-state index is 12.8. The number of nitrogen functional groups attached to an aromatic ring is 2. The Labute approximate surface area is 299 Å². The van der Waals surface area contributed by atoms with Crippen LogP contribution in [0.2, 0.25) is 10.0 Å².